The average molecular weight is 249 g/mol. The Morgan fingerprint density at radius 3 is 2.59 bits per heavy atom. The van der Waals surface area contributed by atoms with Crippen LogP contribution in [-0.2, 0) is 13.2 Å². The first-order chi connectivity index (χ1) is 8.29. The van der Waals surface area contributed by atoms with E-state index in [-0.39, 0.29) is 0 Å². The van der Waals surface area contributed by atoms with Gasteiger partial charge in [0.25, 0.3) is 0 Å². The van der Waals surface area contributed by atoms with E-state index < -0.39 is 0 Å². The topological polar surface area (TPSA) is 48.1 Å². The van der Waals surface area contributed by atoms with Gasteiger partial charge in [0.05, 0.1) is 0 Å². The van der Waals surface area contributed by atoms with E-state index in [1.807, 2.05) is 18.2 Å². The van der Waals surface area contributed by atoms with E-state index in [1.54, 1.807) is 24.5 Å². The third-order valence-corrected chi connectivity index (χ3v) is 2.68. The van der Waals surface area contributed by atoms with Gasteiger partial charge in [-0.25, -0.2) is 0 Å². The Hall–Kier alpha value is -1.58. The maximum atomic E-state index is 5.79. The average Bonchev–Trinajstić information content (AvgIpc) is 2.38. The fraction of sp³-hybridized carbons (Fsp3) is 0.154. The molecule has 0 aliphatic heterocycles. The smallest absolute Gasteiger partial charge is 0.119 e. The second kappa shape index (κ2) is 5.66. The van der Waals surface area contributed by atoms with Gasteiger partial charge in [0.1, 0.15) is 12.4 Å². The molecule has 17 heavy (non-hydrogen) atoms. The molecule has 0 amide bonds. The maximum absolute atomic E-state index is 5.79. The van der Waals surface area contributed by atoms with E-state index in [0.29, 0.717) is 18.2 Å². The Morgan fingerprint density at radius 1 is 1.12 bits per heavy atom. The van der Waals surface area contributed by atoms with Crippen LogP contribution in [0.15, 0.2) is 42.7 Å². The number of halogens is 1. The summed E-state index contributed by atoms with van der Waals surface area (Å²) in [5.41, 5.74) is 7.69. The largest absolute Gasteiger partial charge is 0.489 e. The Kier molecular flexibility index (Phi) is 3.96. The van der Waals surface area contributed by atoms with E-state index in [9.17, 15) is 0 Å². The number of pyridine rings is 1. The molecule has 0 unspecified atom stereocenters. The van der Waals surface area contributed by atoms with Crippen molar-refractivity contribution in [2.24, 2.45) is 5.73 Å². The Labute approximate surface area is 105 Å². The van der Waals surface area contributed by atoms with Gasteiger partial charge < -0.3 is 10.5 Å². The van der Waals surface area contributed by atoms with Gasteiger partial charge >= 0.3 is 0 Å². The van der Waals surface area contributed by atoms with Crippen LogP contribution in [0.25, 0.3) is 0 Å². The predicted molar refractivity (Wildman–Crippen MR) is 67.9 cm³/mol. The van der Waals surface area contributed by atoms with E-state index in [1.165, 1.54) is 0 Å². The second-order valence-corrected chi connectivity index (χ2v) is 4.03. The summed E-state index contributed by atoms with van der Waals surface area (Å²) in [4.78, 5) is 4.06. The van der Waals surface area contributed by atoms with E-state index in [2.05, 4.69) is 4.98 Å². The van der Waals surface area contributed by atoms with Crippen molar-refractivity contribution in [2.75, 3.05) is 0 Å². The summed E-state index contributed by atoms with van der Waals surface area (Å²) in [6.45, 7) is 0.948. The number of rotatable bonds is 4. The first-order valence-corrected chi connectivity index (χ1v) is 5.67. The van der Waals surface area contributed by atoms with Crippen LogP contribution in [0.5, 0.6) is 5.75 Å². The van der Waals surface area contributed by atoms with Crippen LogP contribution in [0, 0.1) is 0 Å². The van der Waals surface area contributed by atoms with Gasteiger partial charge in [-0.1, -0.05) is 11.6 Å². The highest BCUT2D eigenvalue weighted by atomic mass is 35.5. The van der Waals surface area contributed by atoms with Crippen LogP contribution >= 0.6 is 11.6 Å². The fourth-order valence-corrected chi connectivity index (χ4v) is 1.60. The molecule has 0 spiro atoms. The molecular formula is C13H13ClN2O. The van der Waals surface area contributed by atoms with Gasteiger partial charge in [-0.15, -0.1) is 0 Å². The first kappa shape index (κ1) is 11.9. The summed E-state index contributed by atoms with van der Waals surface area (Å²) in [6.07, 6.45) is 3.51. The fourth-order valence-electron chi connectivity index (χ4n) is 1.48. The lowest BCUT2D eigenvalue weighted by atomic mass is 10.1. The molecule has 2 N–H and O–H groups in total. The molecule has 88 valence electrons. The Morgan fingerprint density at radius 2 is 1.88 bits per heavy atom. The quantitative estimate of drug-likeness (QED) is 0.905. The number of nitrogens with zero attached hydrogens (tertiary/aromatic N) is 1. The lowest BCUT2D eigenvalue weighted by Crippen LogP contribution is -2.05. The van der Waals surface area contributed by atoms with E-state index in [0.717, 1.165) is 16.9 Å². The molecule has 0 saturated carbocycles. The monoisotopic (exact) mass is 248 g/mol. The van der Waals surface area contributed by atoms with Crippen molar-refractivity contribution in [3.63, 3.8) is 0 Å². The van der Waals surface area contributed by atoms with Gasteiger partial charge in [-0.3, -0.25) is 4.98 Å². The lowest BCUT2D eigenvalue weighted by Gasteiger charge is -2.09. The molecular weight excluding hydrogens is 236 g/mol. The van der Waals surface area contributed by atoms with Crippen molar-refractivity contribution < 1.29 is 4.74 Å². The number of aromatic nitrogens is 1. The maximum Gasteiger partial charge on any atom is 0.119 e. The number of hydrogen-bond donors (Lipinski definition) is 1. The summed E-state index contributed by atoms with van der Waals surface area (Å²) >= 11 is 5.79. The zero-order valence-electron chi connectivity index (χ0n) is 9.27. The molecule has 4 heteroatoms. The minimum Gasteiger partial charge on any atom is -0.489 e. The molecule has 0 saturated heterocycles. The molecule has 0 atom stereocenters. The standard InChI is InChI=1S/C13H13ClN2O/c14-12-1-3-13(4-2-12)17-9-11-8-16-6-5-10(11)7-15/h1-6,8H,7,9,15H2. The van der Waals surface area contributed by atoms with Crippen LogP contribution in [0.4, 0.5) is 0 Å². The summed E-state index contributed by atoms with van der Waals surface area (Å²) < 4.78 is 5.64. The van der Waals surface area contributed by atoms with Crippen LogP contribution in [-0.4, -0.2) is 4.98 Å². The summed E-state index contributed by atoms with van der Waals surface area (Å²) in [5, 5.41) is 0.696. The molecule has 2 rings (SSSR count). The molecule has 1 aromatic carbocycles. The lowest BCUT2D eigenvalue weighted by molar-refractivity contribution is 0.304. The van der Waals surface area contributed by atoms with Crippen molar-refractivity contribution in [1.82, 2.24) is 4.98 Å². The minimum absolute atomic E-state index is 0.460. The first-order valence-electron chi connectivity index (χ1n) is 5.30. The normalized spacial score (nSPS) is 10.2. The number of nitrogens with two attached hydrogens (primary N) is 1. The highest BCUT2D eigenvalue weighted by molar-refractivity contribution is 6.30. The third kappa shape index (κ3) is 3.19. The van der Waals surface area contributed by atoms with E-state index in [4.69, 9.17) is 22.1 Å². The third-order valence-electron chi connectivity index (χ3n) is 2.43. The van der Waals surface area contributed by atoms with Gasteiger partial charge in [-0.05, 0) is 35.9 Å². The van der Waals surface area contributed by atoms with Gasteiger partial charge in [0.2, 0.25) is 0 Å². The summed E-state index contributed by atoms with van der Waals surface area (Å²) in [5.74, 6) is 0.779. The van der Waals surface area contributed by atoms with Crippen molar-refractivity contribution >= 4 is 11.6 Å². The number of benzene rings is 1. The zero-order chi connectivity index (χ0) is 12.1. The Balaban J connectivity index is 2.04. The van der Waals surface area contributed by atoms with Crippen molar-refractivity contribution in [3.8, 4) is 5.75 Å². The highest BCUT2D eigenvalue weighted by Gasteiger charge is 2.01. The minimum atomic E-state index is 0.460. The molecule has 2 aromatic rings. The summed E-state index contributed by atoms with van der Waals surface area (Å²) in [7, 11) is 0. The molecule has 0 bridgehead atoms. The van der Waals surface area contributed by atoms with Crippen molar-refractivity contribution in [3.05, 3.63) is 58.9 Å². The van der Waals surface area contributed by atoms with Gasteiger partial charge in [-0.2, -0.15) is 0 Å². The second-order valence-electron chi connectivity index (χ2n) is 3.59. The predicted octanol–water partition coefficient (Wildman–Crippen LogP) is 2.77. The van der Waals surface area contributed by atoms with Gasteiger partial charge in [0.15, 0.2) is 0 Å². The molecule has 0 aliphatic rings. The van der Waals surface area contributed by atoms with Gasteiger partial charge in [0, 0.05) is 29.5 Å². The van der Waals surface area contributed by atoms with Crippen molar-refractivity contribution in [1.29, 1.82) is 0 Å². The highest BCUT2D eigenvalue weighted by Crippen LogP contribution is 2.17. The van der Waals surface area contributed by atoms with Crippen LogP contribution < -0.4 is 10.5 Å². The molecule has 0 aliphatic carbocycles. The molecule has 1 aromatic heterocycles. The SMILES string of the molecule is NCc1ccncc1COc1ccc(Cl)cc1. The van der Waals surface area contributed by atoms with Crippen LogP contribution in [0.2, 0.25) is 5.02 Å². The number of ether oxygens (including phenoxy) is 1. The van der Waals surface area contributed by atoms with E-state index >= 15 is 0 Å². The molecule has 0 fully saturated rings. The summed E-state index contributed by atoms with van der Waals surface area (Å²) in [6, 6.07) is 9.16. The van der Waals surface area contributed by atoms with Crippen LogP contribution in [0.1, 0.15) is 11.1 Å². The molecule has 0 radical (unpaired) electrons. The van der Waals surface area contributed by atoms with Crippen molar-refractivity contribution in [2.45, 2.75) is 13.2 Å². The number of hydrogen-bond acceptors (Lipinski definition) is 3. The molecule has 3 nitrogen and oxygen atoms in total. The van der Waals surface area contributed by atoms with Crippen LogP contribution in [0.3, 0.4) is 0 Å². The Bertz CT molecular complexity index is 485. The molecule has 1 heterocycles. The zero-order valence-corrected chi connectivity index (χ0v) is 10.0.